The van der Waals surface area contributed by atoms with Crippen LogP contribution in [0.3, 0.4) is 0 Å². The summed E-state index contributed by atoms with van der Waals surface area (Å²) in [6.45, 7) is 20.0. The molecule has 3 aliphatic carbocycles. The average molecular weight is 479 g/mol. The van der Waals surface area contributed by atoms with Crippen LogP contribution in [-0.4, -0.2) is 19.0 Å². The van der Waals surface area contributed by atoms with E-state index in [2.05, 4.69) is 53.0 Å². The standard InChI is InChI=1S/C31H42O4/c1-19(2)24-9-10-26-25(29(24,6)14-13-27(32)34-8)12-16-31(26)21(4)11-15-30(31,7)22(5)18-23-17-20(3)28(33)35-23/h10,17-18,22,24-25H,1,4,9,11-16H2,2-3,5-8H3/b23-18-/t22-,24+,25-,29-,30+,31+/m1/s1. The van der Waals surface area contributed by atoms with Crippen LogP contribution >= 0.6 is 0 Å². The first-order valence-corrected chi connectivity index (χ1v) is 13.1. The number of methoxy groups -OCH3 is 1. The molecule has 0 aromatic heterocycles. The van der Waals surface area contributed by atoms with E-state index < -0.39 is 0 Å². The molecule has 4 nitrogen and oxygen atoms in total. The molecule has 0 radical (unpaired) electrons. The summed E-state index contributed by atoms with van der Waals surface area (Å²) < 4.78 is 10.5. The van der Waals surface area contributed by atoms with Gasteiger partial charge in [-0.2, -0.15) is 0 Å². The summed E-state index contributed by atoms with van der Waals surface area (Å²) in [4.78, 5) is 24.1. The smallest absolute Gasteiger partial charge is 0.339 e. The highest BCUT2D eigenvalue weighted by atomic mass is 16.5. The van der Waals surface area contributed by atoms with Crippen molar-refractivity contribution in [2.75, 3.05) is 7.11 Å². The van der Waals surface area contributed by atoms with Crippen molar-refractivity contribution in [3.63, 3.8) is 0 Å². The molecule has 35 heavy (non-hydrogen) atoms. The van der Waals surface area contributed by atoms with E-state index in [1.807, 2.05) is 6.08 Å². The molecule has 0 bridgehead atoms. The van der Waals surface area contributed by atoms with Crippen molar-refractivity contribution in [2.45, 2.75) is 79.6 Å². The van der Waals surface area contributed by atoms with Crippen molar-refractivity contribution in [3.05, 3.63) is 59.4 Å². The van der Waals surface area contributed by atoms with Gasteiger partial charge in [0, 0.05) is 17.4 Å². The molecule has 0 saturated heterocycles. The lowest BCUT2D eigenvalue weighted by molar-refractivity contribution is -0.141. The number of hydrogen-bond acceptors (Lipinski definition) is 4. The SMILES string of the molecule is C=C(C)[C@@H]1CC=C2[C@@H](CC[C@]23C(=C)CC[C@@]3(C)[C@H](C)/C=C2/C=C(C)C(=O)O2)[C@]1(C)CCC(=O)OC. The Morgan fingerprint density at radius 1 is 1.34 bits per heavy atom. The molecule has 4 aliphatic rings. The maximum atomic E-state index is 12.2. The Bertz CT molecular complexity index is 1060. The molecule has 1 heterocycles. The lowest BCUT2D eigenvalue weighted by atomic mass is 9.51. The van der Waals surface area contributed by atoms with E-state index >= 15 is 0 Å². The van der Waals surface area contributed by atoms with E-state index in [1.54, 1.807) is 6.92 Å². The zero-order valence-electron chi connectivity index (χ0n) is 22.5. The maximum absolute atomic E-state index is 12.2. The zero-order valence-corrected chi connectivity index (χ0v) is 22.5. The fourth-order valence-corrected chi connectivity index (χ4v) is 8.16. The second kappa shape index (κ2) is 8.94. The highest BCUT2D eigenvalue weighted by molar-refractivity contribution is 5.92. The minimum atomic E-state index is -0.248. The van der Waals surface area contributed by atoms with E-state index in [1.165, 1.54) is 23.8 Å². The van der Waals surface area contributed by atoms with Crippen molar-refractivity contribution < 1.29 is 19.1 Å². The normalized spacial score (nSPS) is 38.3. The Labute approximate surface area is 211 Å². The van der Waals surface area contributed by atoms with Crippen LogP contribution in [0.2, 0.25) is 0 Å². The molecule has 2 saturated carbocycles. The molecule has 0 N–H and O–H groups in total. The van der Waals surface area contributed by atoms with Crippen LogP contribution in [0.1, 0.15) is 79.6 Å². The predicted molar refractivity (Wildman–Crippen MR) is 139 cm³/mol. The van der Waals surface area contributed by atoms with Gasteiger partial charge < -0.3 is 9.47 Å². The largest absolute Gasteiger partial charge is 0.469 e. The van der Waals surface area contributed by atoms with E-state index in [4.69, 9.17) is 9.47 Å². The summed E-state index contributed by atoms with van der Waals surface area (Å²) in [6.07, 6.45) is 13.0. The number of rotatable bonds is 6. The quantitative estimate of drug-likeness (QED) is 0.298. The van der Waals surface area contributed by atoms with Crippen LogP contribution in [0.15, 0.2) is 59.4 Å². The third-order valence-electron chi connectivity index (χ3n) is 10.4. The average Bonchev–Trinajstić information content (AvgIpc) is 3.44. The van der Waals surface area contributed by atoms with Gasteiger partial charge in [0.2, 0.25) is 0 Å². The van der Waals surface area contributed by atoms with Crippen molar-refractivity contribution >= 4 is 11.9 Å². The van der Waals surface area contributed by atoms with Crippen molar-refractivity contribution in [1.29, 1.82) is 0 Å². The van der Waals surface area contributed by atoms with Crippen LogP contribution < -0.4 is 0 Å². The topological polar surface area (TPSA) is 52.6 Å². The van der Waals surface area contributed by atoms with E-state index in [-0.39, 0.29) is 34.1 Å². The fourth-order valence-electron chi connectivity index (χ4n) is 8.16. The summed E-state index contributed by atoms with van der Waals surface area (Å²) in [5.74, 6) is 1.24. The molecule has 4 rings (SSSR count). The summed E-state index contributed by atoms with van der Waals surface area (Å²) >= 11 is 0. The number of cyclic esters (lactones) is 1. The summed E-state index contributed by atoms with van der Waals surface area (Å²) in [5, 5.41) is 0. The first kappa shape index (κ1) is 25.7. The Morgan fingerprint density at radius 3 is 2.66 bits per heavy atom. The number of ether oxygens (including phenoxy) is 2. The Kier molecular flexibility index (Phi) is 6.57. The molecule has 0 unspecified atom stereocenters. The summed E-state index contributed by atoms with van der Waals surface area (Å²) in [5.41, 5.74) is 4.61. The third kappa shape index (κ3) is 3.79. The molecule has 0 amide bonds. The maximum Gasteiger partial charge on any atom is 0.339 e. The highest BCUT2D eigenvalue weighted by Crippen LogP contribution is 2.73. The number of carbonyl (C=O) groups is 2. The molecule has 1 spiro atoms. The van der Waals surface area contributed by atoms with Gasteiger partial charge in [0.05, 0.1) is 7.11 Å². The first-order chi connectivity index (χ1) is 16.4. The Hall–Kier alpha value is -2.36. The molecule has 190 valence electrons. The van der Waals surface area contributed by atoms with E-state index in [0.29, 0.717) is 29.6 Å². The second-order valence-corrected chi connectivity index (χ2v) is 12.0. The molecule has 0 aromatic rings. The lowest BCUT2D eigenvalue weighted by Gasteiger charge is -2.52. The van der Waals surface area contributed by atoms with Crippen LogP contribution in [0.4, 0.5) is 0 Å². The Balaban J connectivity index is 1.74. The molecule has 6 atom stereocenters. The van der Waals surface area contributed by atoms with Gasteiger partial charge in [0.15, 0.2) is 0 Å². The van der Waals surface area contributed by atoms with Gasteiger partial charge in [-0.05, 0) is 93.1 Å². The third-order valence-corrected chi connectivity index (χ3v) is 10.4. The molecule has 2 fully saturated rings. The molecular weight excluding hydrogens is 436 g/mol. The fraction of sp³-hybridized carbons (Fsp3) is 0.613. The number of carbonyl (C=O) groups excluding carboxylic acids is 2. The number of hydrogen-bond donors (Lipinski definition) is 0. The van der Waals surface area contributed by atoms with Gasteiger partial charge in [-0.1, -0.05) is 56.7 Å². The van der Waals surface area contributed by atoms with Crippen molar-refractivity contribution in [2.24, 2.45) is 34.0 Å². The highest BCUT2D eigenvalue weighted by Gasteiger charge is 2.64. The summed E-state index contributed by atoms with van der Waals surface area (Å²) in [6, 6.07) is 0. The molecule has 4 heteroatoms. The van der Waals surface area contributed by atoms with Gasteiger partial charge in [-0.15, -0.1) is 0 Å². The number of allylic oxidation sites excluding steroid dienone is 6. The number of esters is 2. The first-order valence-electron chi connectivity index (χ1n) is 13.1. The van der Waals surface area contributed by atoms with Gasteiger partial charge in [-0.25, -0.2) is 4.79 Å². The minimum absolute atomic E-state index is 0.0201. The van der Waals surface area contributed by atoms with Gasteiger partial charge in [0.25, 0.3) is 0 Å². The molecular formula is C31H42O4. The van der Waals surface area contributed by atoms with Crippen molar-refractivity contribution in [1.82, 2.24) is 0 Å². The predicted octanol–water partition coefficient (Wildman–Crippen LogP) is 7.24. The van der Waals surface area contributed by atoms with Crippen LogP contribution in [0.25, 0.3) is 0 Å². The van der Waals surface area contributed by atoms with Gasteiger partial charge >= 0.3 is 11.9 Å². The van der Waals surface area contributed by atoms with Crippen LogP contribution in [-0.2, 0) is 19.1 Å². The van der Waals surface area contributed by atoms with Gasteiger partial charge in [-0.3, -0.25) is 4.79 Å². The van der Waals surface area contributed by atoms with Crippen molar-refractivity contribution in [3.8, 4) is 0 Å². The van der Waals surface area contributed by atoms with Crippen LogP contribution in [0, 0.1) is 34.0 Å². The second-order valence-electron chi connectivity index (χ2n) is 12.0. The van der Waals surface area contributed by atoms with Crippen LogP contribution in [0.5, 0.6) is 0 Å². The van der Waals surface area contributed by atoms with E-state index in [9.17, 15) is 9.59 Å². The zero-order chi connectivity index (χ0) is 25.8. The Morgan fingerprint density at radius 2 is 2.06 bits per heavy atom. The number of fused-ring (bicyclic) bond motifs is 2. The monoisotopic (exact) mass is 478 g/mol. The van der Waals surface area contributed by atoms with Gasteiger partial charge in [0.1, 0.15) is 5.76 Å². The summed E-state index contributed by atoms with van der Waals surface area (Å²) in [7, 11) is 1.47. The molecule has 1 aliphatic heterocycles. The minimum Gasteiger partial charge on any atom is -0.469 e. The van der Waals surface area contributed by atoms with E-state index in [0.717, 1.165) is 38.5 Å². The molecule has 0 aromatic carbocycles. The lowest BCUT2D eigenvalue weighted by Crippen LogP contribution is -2.45.